The molecule has 1 aromatic heterocycles. The molecule has 1 heterocycles. The van der Waals surface area contributed by atoms with Crippen LogP contribution < -0.4 is 4.57 Å². The van der Waals surface area contributed by atoms with Gasteiger partial charge in [-0.3, -0.25) is 0 Å². The molecule has 2 rings (SSSR count). The number of ether oxygens (including phenoxy) is 1. The van der Waals surface area contributed by atoms with Gasteiger partial charge in [0.05, 0.1) is 7.11 Å². The predicted octanol–water partition coefficient (Wildman–Crippen LogP) is 1.95. The summed E-state index contributed by atoms with van der Waals surface area (Å²) >= 11 is 0. The Balaban J connectivity index is 2.22. The van der Waals surface area contributed by atoms with Gasteiger partial charge < -0.3 is 4.74 Å². The number of carbonyl (C=O) groups is 1. The maximum atomic E-state index is 13.7. The summed E-state index contributed by atoms with van der Waals surface area (Å²) < 4.78 is 19.8. The van der Waals surface area contributed by atoms with E-state index in [1.807, 2.05) is 30.3 Å². The van der Waals surface area contributed by atoms with Gasteiger partial charge in [-0.1, -0.05) is 30.3 Å². The van der Waals surface area contributed by atoms with Crippen molar-refractivity contribution in [2.75, 3.05) is 7.11 Å². The molecule has 3 nitrogen and oxygen atoms in total. The quantitative estimate of drug-likeness (QED) is 0.612. The maximum absolute atomic E-state index is 13.7. The lowest BCUT2D eigenvalue weighted by Crippen LogP contribution is -2.34. The van der Waals surface area contributed by atoms with E-state index in [9.17, 15) is 9.18 Å². The molecular weight excluding hydrogens is 233 g/mol. The first-order chi connectivity index (χ1) is 8.70. The molecular formula is C14H13FNO2+. The van der Waals surface area contributed by atoms with Crippen molar-refractivity contribution in [2.24, 2.45) is 0 Å². The number of aromatic nitrogens is 1. The lowest BCUT2D eigenvalue weighted by Gasteiger charge is -2.01. The van der Waals surface area contributed by atoms with Gasteiger partial charge >= 0.3 is 5.97 Å². The van der Waals surface area contributed by atoms with Crippen molar-refractivity contribution >= 4 is 5.97 Å². The van der Waals surface area contributed by atoms with Crippen LogP contribution in [0.3, 0.4) is 0 Å². The predicted molar refractivity (Wildman–Crippen MR) is 63.5 cm³/mol. The van der Waals surface area contributed by atoms with E-state index in [-0.39, 0.29) is 5.56 Å². The minimum absolute atomic E-state index is 0.0539. The van der Waals surface area contributed by atoms with E-state index < -0.39 is 11.8 Å². The topological polar surface area (TPSA) is 30.2 Å². The summed E-state index contributed by atoms with van der Waals surface area (Å²) in [7, 11) is 1.23. The summed E-state index contributed by atoms with van der Waals surface area (Å²) in [4.78, 5) is 11.2. The number of carbonyl (C=O) groups excluding carboxylic acids is 1. The smallest absolute Gasteiger partial charge is 0.341 e. The van der Waals surface area contributed by atoms with Crippen molar-refractivity contribution in [3.8, 4) is 0 Å². The Morgan fingerprint density at radius 1 is 1.28 bits per heavy atom. The molecule has 0 atom stereocenters. The van der Waals surface area contributed by atoms with E-state index in [0.717, 1.165) is 5.56 Å². The first-order valence-corrected chi connectivity index (χ1v) is 5.51. The molecule has 2 aromatic rings. The zero-order valence-electron chi connectivity index (χ0n) is 9.97. The van der Waals surface area contributed by atoms with Crippen LogP contribution in [0.5, 0.6) is 0 Å². The number of esters is 1. The highest BCUT2D eigenvalue weighted by Crippen LogP contribution is 2.05. The fourth-order valence-electron chi connectivity index (χ4n) is 1.68. The molecule has 0 fully saturated rings. The van der Waals surface area contributed by atoms with Gasteiger partial charge in [0, 0.05) is 11.6 Å². The monoisotopic (exact) mass is 246 g/mol. The Kier molecular flexibility index (Phi) is 3.67. The van der Waals surface area contributed by atoms with Crippen molar-refractivity contribution in [1.29, 1.82) is 0 Å². The standard InChI is InChI=1S/C14H13FNO2/c1-18-14(17)12-7-8-16(10-13(12)15)9-11-5-3-2-4-6-11/h2-8,10H,9H2,1H3/q+1. The van der Waals surface area contributed by atoms with Gasteiger partial charge in [-0.15, -0.1) is 0 Å². The van der Waals surface area contributed by atoms with Gasteiger partial charge in [0.2, 0.25) is 12.0 Å². The van der Waals surface area contributed by atoms with E-state index in [2.05, 4.69) is 4.74 Å². The van der Waals surface area contributed by atoms with E-state index in [1.54, 1.807) is 10.8 Å². The van der Waals surface area contributed by atoms with Crippen molar-refractivity contribution in [1.82, 2.24) is 0 Å². The summed E-state index contributed by atoms with van der Waals surface area (Å²) in [6.07, 6.45) is 2.95. The highest BCUT2D eigenvalue weighted by molar-refractivity contribution is 5.89. The molecule has 0 N–H and O–H groups in total. The number of benzene rings is 1. The maximum Gasteiger partial charge on any atom is 0.341 e. The van der Waals surface area contributed by atoms with Crippen LogP contribution in [0.1, 0.15) is 15.9 Å². The van der Waals surface area contributed by atoms with Crippen molar-refractivity contribution < 1.29 is 18.5 Å². The second-order valence-corrected chi connectivity index (χ2v) is 3.86. The molecule has 0 saturated carbocycles. The average Bonchev–Trinajstić information content (AvgIpc) is 2.39. The molecule has 18 heavy (non-hydrogen) atoms. The molecule has 0 amide bonds. The zero-order valence-corrected chi connectivity index (χ0v) is 9.97. The summed E-state index contributed by atoms with van der Waals surface area (Å²) in [5.41, 5.74) is 1.01. The molecule has 1 aromatic carbocycles. The van der Waals surface area contributed by atoms with E-state index in [0.29, 0.717) is 6.54 Å². The van der Waals surface area contributed by atoms with Crippen molar-refractivity contribution in [3.05, 3.63) is 65.7 Å². The average molecular weight is 246 g/mol. The van der Waals surface area contributed by atoms with Gasteiger partial charge in [0.25, 0.3) is 0 Å². The normalized spacial score (nSPS) is 10.1. The van der Waals surface area contributed by atoms with Gasteiger partial charge in [-0.05, 0) is 0 Å². The fraction of sp³-hybridized carbons (Fsp3) is 0.143. The number of halogens is 1. The Morgan fingerprint density at radius 3 is 2.61 bits per heavy atom. The summed E-state index contributed by atoms with van der Waals surface area (Å²) in [5.74, 6) is -1.25. The number of hydrogen-bond acceptors (Lipinski definition) is 2. The molecule has 0 saturated heterocycles. The molecule has 92 valence electrons. The third-order valence-corrected chi connectivity index (χ3v) is 2.58. The Hall–Kier alpha value is -2.23. The van der Waals surface area contributed by atoms with Crippen LogP contribution in [-0.2, 0) is 11.3 Å². The van der Waals surface area contributed by atoms with Gasteiger partial charge in [0.1, 0.15) is 5.56 Å². The SMILES string of the molecule is COC(=O)c1cc[n+](Cc2ccccc2)cc1F. The van der Waals surface area contributed by atoms with Crippen molar-refractivity contribution in [3.63, 3.8) is 0 Å². The molecule has 0 bridgehead atoms. The molecule has 0 aliphatic carbocycles. The van der Waals surface area contributed by atoms with E-state index in [4.69, 9.17) is 0 Å². The summed E-state index contributed by atoms with van der Waals surface area (Å²) in [6.45, 7) is 0.555. The Bertz CT molecular complexity index is 555. The van der Waals surface area contributed by atoms with Crippen molar-refractivity contribution in [2.45, 2.75) is 6.54 Å². The van der Waals surface area contributed by atoms with Crippen LogP contribution in [0.2, 0.25) is 0 Å². The molecule has 0 aliphatic rings. The number of rotatable bonds is 3. The third-order valence-electron chi connectivity index (χ3n) is 2.58. The van der Waals surface area contributed by atoms with Crippen LogP contribution in [0.25, 0.3) is 0 Å². The number of pyridine rings is 1. The second kappa shape index (κ2) is 5.40. The largest absolute Gasteiger partial charge is 0.465 e. The van der Waals surface area contributed by atoms with Gasteiger partial charge in [-0.25, -0.2) is 4.79 Å². The highest BCUT2D eigenvalue weighted by Gasteiger charge is 2.16. The van der Waals surface area contributed by atoms with Gasteiger partial charge in [0.15, 0.2) is 12.7 Å². The summed E-state index contributed by atoms with van der Waals surface area (Å²) in [5, 5.41) is 0. The Labute approximate surface area is 104 Å². The first kappa shape index (κ1) is 12.2. The molecule has 4 heteroatoms. The third kappa shape index (κ3) is 2.71. The number of nitrogens with zero attached hydrogens (tertiary/aromatic N) is 1. The number of hydrogen-bond donors (Lipinski definition) is 0. The highest BCUT2D eigenvalue weighted by atomic mass is 19.1. The number of methoxy groups -OCH3 is 1. The van der Waals surface area contributed by atoms with Crippen LogP contribution in [0.15, 0.2) is 48.8 Å². The summed E-state index contributed by atoms with van der Waals surface area (Å²) in [6, 6.07) is 11.1. The van der Waals surface area contributed by atoms with E-state index >= 15 is 0 Å². The van der Waals surface area contributed by atoms with Crippen LogP contribution in [0.4, 0.5) is 4.39 Å². The molecule has 0 unspecified atom stereocenters. The molecule has 0 aliphatic heterocycles. The first-order valence-electron chi connectivity index (χ1n) is 5.51. The zero-order chi connectivity index (χ0) is 13.0. The minimum Gasteiger partial charge on any atom is -0.465 e. The molecule has 0 spiro atoms. The second-order valence-electron chi connectivity index (χ2n) is 3.86. The van der Waals surface area contributed by atoms with E-state index in [1.165, 1.54) is 19.4 Å². The van der Waals surface area contributed by atoms with Crippen LogP contribution >= 0.6 is 0 Å². The minimum atomic E-state index is -0.667. The Morgan fingerprint density at radius 2 is 2.00 bits per heavy atom. The van der Waals surface area contributed by atoms with Crippen LogP contribution in [0, 0.1) is 5.82 Å². The van der Waals surface area contributed by atoms with Crippen LogP contribution in [-0.4, -0.2) is 13.1 Å². The lowest BCUT2D eigenvalue weighted by atomic mass is 10.2. The van der Waals surface area contributed by atoms with Gasteiger partial charge in [-0.2, -0.15) is 8.96 Å². The molecule has 0 radical (unpaired) electrons. The lowest BCUT2D eigenvalue weighted by molar-refractivity contribution is -0.689. The fourth-order valence-corrected chi connectivity index (χ4v) is 1.68.